The van der Waals surface area contributed by atoms with E-state index in [4.69, 9.17) is 5.73 Å². The van der Waals surface area contributed by atoms with Gasteiger partial charge >= 0.3 is 0 Å². The summed E-state index contributed by atoms with van der Waals surface area (Å²) in [4.78, 5) is 25.3. The number of hydrogen-bond acceptors (Lipinski definition) is 5. The van der Waals surface area contributed by atoms with Gasteiger partial charge in [-0.25, -0.2) is 9.37 Å². The van der Waals surface area contributed by atoms with Gasteiger partial charge in [0.2, 0.25) is 0 Å². The molecule has 0 saturated carbocycles. The maximum Gasteiger partial charge on any atom is 0.255 e. The van der Waals surface area contributed by atoms with E-state index in [9.17, 15) is 9.18 Å². The van der Waals surface area contributed by atoms with Crippen LogP contribution in [-0.4, -0.2) is 20.9 Å². The smallest absolute Gasteiger partial charge is 0.255 e. The van der Waals surface area contributed by atoms with Gasteiger partial charge in [-0.05, 0) is 17.5 Å². The summed E-state index contributed by atoms with van der Waals surface area (Å²) < 4.78 is 13.5. The number of pyridine rings is 1. The molecule has 4 rings (SSSR count). The van der Waals surface area contributed by atoms with E-state index in [2.05, 4.69) is 20.3 Å². The van der Waals surface area contributed by atoms with Crippen molar-refractivity contribution in [2.75, 3.05) is 0 Å². The van der Waals surface area contributed by atoms with Crippen LogP contribution in [0.1, 0.15) is 22.2 Å². The summed E-state index contributed by atoms with van der Waals surface area (Å²) in [7, 11) is 0. The predicted octanol–water partition coefficient (Wildman–Crippen LogP) is 3.22. The fourth-order valence-electron chi connectivity index (χ4n) is 2.91. The summed E-state index contributed by atoms with van der Waals surface area (Å²) >= 11 is 0. The van der Waals surface area contributed by atoms with Gasteiger partial charge in [0, 0.05) is 23.3 Å². The van der Waals surface area contributed by atoms with Gasteiger partial charge in [0.25, 0.3) is 5.91 Å². The lowest BCUT2D eigenvalue weighted by Crippen LogP contribution is -2.35. The van der Waals surface area contributed by atoms with E-state index in [1.807, 2.05) is 24.3 Å². The molecule has 0 spiro atoms. The Kier molecular flexibility index (Phi) is 4.74. The van der Waals surface area contributed by atoms with Crippen LogP contribution in [0.4, 0.5) is 4.39 Å². The van der Waals surface area contributed by atoms with Crippen molar-refractivity contribution in [2.24, 2.45) is 5.73 Å². The number of carbonyl (C=O) groups excluding carboxylic acids is 1. The highest BCUT2D eigenvalue weighted by atomic mass is 19.1. The van der Waals surface area contributed by atoms with Crippen molar-refractivity contribution in [1.82, 2.24) is 20.3 Å². The lowest BCUT2D eigenvalue weighted by Gasteiger charge is -2.15. The van der Waals surface area contributed by atoms with E-state index in [1.54, 1.807) is 18.3 Å². The minimum atomic E-state index is -0.882. The first-order chi connectivity index (χ1) is 13.6. The van der Waals surface area contributed by atoms with Crippen LogP contribution in [0.5, 0.6) is 0 Å². The zero-order valence-corrected chi connectivity index (χ0v) is 14.7. The average molecular weight is 373 g/mol. The number of amides is 1. The fraction of sp³-hybridized carbons (Fsp3) is 0.0476. The highest BCUT2D eigenvalue weighted by Crippen LogP contribution is 2.20. The Morgan fingerprint density at radius 2 is 1.82 bits per heavy atom. The number of nitrogens with zero attached hydrogens (tertiary/aromatic N) is 3. The zero-order valence-electron chi connectivity index (χ0n) is 14.7. The normalized spacial score (nSPS) is 11.9. The highest BCUT2D eigenvalue weighted by Gasteiger charge is 2.16. The molecular formula is C21H16FN5O. The number of carbonyl (C=O) groups is 1. The monoisotopic (exact) mass is 373 g/mol. The number of hydrogen-bond donors (Lipinski definition) is 2. The van der Waals surface area contributed by atoms with E-state index in [0.717, 1.165) is 10.8 Å². The average Bonchev–Trinajstić information content (AvgIpc) is 2.73. The van der Waals surface area contributed by atoms with Gasteiger partial charge in [0.05, 0.1) is 29.3 Å². The summed E-state index contributed by atoms with van der Waals surface area (Å²) in [5, 5.41) is 4.35. The molecule has 0 radical (unpaired) electrons. The molecular weight excluding hydrogens is 357 g/mol. The summed E-state index contributed by atoms with van der Waals surface area (Å²) in [5.74, 6) is -0.736. The lowest BCUT2D eigenvalue weighted by atomic mass is 10.1. The topological polar surface area (TPSA) is 93.8 Å². The second-order valence-corrected chi connectivity index (χ2v) is 6.20. The molecule has 28 heavy (non-hydrogen) atoms. The Morgan fingerprint density at radius 1 is 1.00 bits per heavy atom. The zero-order chi connectivity index (χ0) is 19.5. The number of rotatable bonds is 4. The quantitative estimate of drug-likeness (QED) is 0.536. The lowest BCUT2D eigenvalue weighted by molar-refractivity contribution is 0.0938. The van der Waals surface area contributed by atoms with Crippen molar-refractivity contribution >= 4 is 16.7 Å². The summed E-state index contributed by atoms with van der Waals surface area (Å²) in [5.41, 5.74) is 7.95. The maximum absolute atomic E-state index is 13.5. The van der Waals surface area contributed by atoms with Gasteiger partial charge in [0.15, 0.2) is 0 Å². The molecule has 3 N–H and O–H groups in total. The minimum absolute atomic E-state index is 0.364. The molecule has 7 heteroatoms. The van der Waals surface area contributed by atoms with Crippen LogP contribution in [0.3, 0.4) is 0 Å². The Labute approximate surface area is 160 Å². The van der Waals surface area contributed by atoms with Crippen molar-refractivity contribution in [3.05, 3.63) is 90.4 Å². The Hall–Kier alpha value is -3.71. The van der Waals surface area contributed by atoms with E-state index < -0.39 is 6.17 Å². The van der Waals surface area contributed by atoms with Gasteiger partial charge in [-0.15, -0.1) is 0 Å². The number of nitrogens with one attached hydrogen (secondary N) is 1. The first kappa shape index (κ1) is 17.7. The van der Waals surface area contributed by atoms with Crippen LogP contribution in [0.25, 0.3) is 22.0 Å². The Bertz CT molecular complexity index is 1160. The van der Waals surface area contributed by atoms with Crippen LogP contribution < -0.4 is 11.1 Å². The van der Waals surface area contributed by atoms with Gasteiger partial charge in [-0.3, -0.25) is 14.8 Å². The molecule has 138 valence electrons. The van der Waals surface area contributed by atoms with E-state index >= 15 is 0 Å². The first-order valence-electron chi connectivity index (χ1n) is 8.59. The Morgan fingerprint density at radius 3 is 2.68 bits per heavy atom. The molecule has 0 bridgehead atoms. The molecule has 1 amide bonds. The molecule has 0 aliphatic heterocycles. The van der Waals surface area contributed by atoms with Crippen LogP contribution in [0.2, 0.25) is 0 Å². The molecule has 0 aliphatic carbocycles. The molecule has 1 unspecified atom stereocenters. The number of nitrogens with two attached hydrogens (primary N) is 1. The highest BCUT2D eigenvalue weighted by molar-refractivity contribution is 6.06. The largest absolute Gasteiger partial charge is 0.331 e. The molecule has 2 aromatic carbocycles. The van der Waals surface area contributed by atoms with Crippen molar-refractivity contribution in [2.45, 2.75) is 6.17 Å². The SMILES string of the molecule is NC(NC(=O)c1cncc2ccccc12)c1cncc(-c2cccc(F)c2)n1. The third-order valence-corrected chi connectivity index (χ3v) is 4.29. The standard InChI is InChI=1S/C21H16FN5O/c22-15-6-3-5-13(8-15)18-11-25-12-19(26-18)20(23)27-21(28)17-10-24-9-14-4-1-2-7-16(14)17/h1-12,20H,23H2,(H,27,28). The van der Waals surface area contributed by atoms with Crippen molar-refractivity contribution in [3.63, 3.8) is 0 Å². The molecule has 2 heterocycles. The van der Waals surface area contributed by atoms with Crippen molar-refractivity contribution < 1.29 is 9.18 Å². The van der Waals surface area contributed by atoms with Gasteiger partial charge in [0.1, 0.15) is 12.0 Å². The van der Waals surface area contributed by atoms with E-state index in [-0.39, 0.29) is 11.7 Å². The van der Waals surface area contributed by atoms with Crippen LogP contribution >= 0.6 is 0 Å². The maximum atomic E-state index is 13.5. The Balaban J connectivity index is 1.59. The number of aromatic nitrogens is 3. The fourth-order valence-corrected chi connectivity index (χ4v) is 2.91. The van der Waals surface area contributed by atoms with Crippen molar-refractivity contribution in [1.29, 1.82) is 0 Å². The number of fused-ring (bicyclic) bond motifs is 1. The molecule has 0 fully saturated rings. The third-order valence-electron chi connectivity index (χ3n) is 4.29. The summed E-state index contributed by atoms with van der Waals surface area (Å²) in [6, 6.07) is 13.5. The van der Waals surface area contributed by atoms with Crippen LogP contribution in [0, 0.1) is 5.82 Å². The van der Waals surface area contributed by atoms with E-state index in [1.165, 1.54) is 30.7 Å². The number of benzene rings is 2. The van der Waals surface area contributed by atoms with Gasteiger partial charge in [-0.1, -0.05) is 36.4 Å². The molecule has 1 atom stereocenters. The molecule has 0 saturated heterocycles. The van der Waals surface area contributed by atoms with Crippen LogP contribution in [-0.2, 0) is 0 Å². The summed E-state index contributed by atoms with van der Waals surface area (Å²) in [6.45, 7) is 0. The molecule has 6 nitrogen and oxygen atoms in total. The summed E-state index contributed by atoms with van der Waals surface area (Å²) in [6.07, 6.45) is 5.29. The minimum Gasteiger partial charge on any atom is -0.331 e. The molecule has 4 aromatic rings. The third kappa shape index (κ3) is 3.56. The second-order valence-electron chi connectivity index (χ2n) is 6.20. The molecule has 2 aromatic heterocycles. The van der Waals surface area contributed by atoms with E-state index in [0.29, 0.717) is 22.5 Å². The van der Waals surface area contributed by atoms with Gasteiger partial charge in [-0.2, -0.15) is 0 Å². The second kappa shape index (κ2) is 7.50. The van der Waals surface area contributed by atoms with Crippen molar-refractivity contribution in [3.8, 4) is 11.3 Å². The molecule has 0 aliphatic rings. The van der Waals surface area contributed by atoms with Gasteiger partial charge < -0.3 is 11.1 Å². The number of halogens is 1. The first-order valence-corrected chi connectivity index (χ1v) is 8.59. The predicted molar refractivity (Wildman–Crippen MR) is 104 cm³/mol. The van der Waals surface area contributed by atoms with Crippen LogP contribution in [0.15, 0.2) is 73.3 Å².